The molecule has 4 aromatic rings. The molecule has 1 saturated heterocycles. The van der Waals surface area contributed by atoms with Crippen LogP contribution in [0.25, 0.3) is 0 Å². The smallest absolute Gasteiger partial charge is 0.305 e. The van der Waals surface area contributed by atoms with Crippen molar-refractivity contribution >= 4 is 52.2 Å². The number of halogens is 1. The van der Waals surface area contributed by atoms with E-state index in [2.05, 4.69) is 4.98 Å². The van der Waals surface area contributed by atoms with Crippen LogP contribution in [0, 0.1) is 12.8 Å². The maximum absolute atomic E-state index is 13.9. The number of benzene rings is 3. The number of amides is 2. The van der Waals surface area contributed by atoms with E-state index in [1.54, 1.807) is 30.3 Å². The zero-order valence-corrected chi connectivity index (χ0v) is 22.0. The number of ether oxygens (including phenoxy) is 1. The summed E-state index contributed by atoms with van der Waals surface area (Å²) in [6.45, 7) is 2.27. The summed E-state index contributed by atoms with van der Waals surface area (Å²) in [5, 5.41) is 0.410. The van der Waals surface area contributed by atoms with E-state index in [1.165, 1.54) is 16.7 Å². The van der Waals surface area contributed by atoms with E-state index in [0.29, 0.717) is 33.7 Å². The summed E-state index contributed by atoms with van der Waals surface area (Å²) in [5.74, 6) is -1.31. The van der Waals surface area contributed by atoms with Gasteiger partial charge in [0.1, 0.15) is 17.6 Å². The fourth-order valence-corrected chi connectivity index (χ4v) is 7.62. The first-order chi connectivity index (χ1) is 17.9. The Morgan fingerprint density at radius 3 is 2.49 bits per heavy atom. The second-order valence-corrected chi connectivity index (χ2v) is 11.7. The lowest BCUT2D eigenvalue weighted by molar-refractivity contribution is -0.122. The van der Waals surface area contributed by atoms with Gasteiger partial charge in [0.05, 0.1) is 16.6 Å². The van der Waals surface area contributed by atoms with Crippen LogP contribution < -0.4 is 14.5 Å². The Kier molecular flexibility index (Phi) is 6.18. The van der Waals surface area contributed by atoms with Crippen molar-refractivity contribution in [1.29, 1.82) is 0 Å². The maximum Gasteiger partial charge on any atom is 0.305 e. The van der Waals surface area contributed by atoms with Gasteiger partial charge < -0.3 is 9.72 Å². The van der Waals surface area contributed by atoms with Crippen LogP contribution in [0.4, 0.5) is 5.69 Å². The van der Waals surface area contributed by atoms with Crippen molar-refractivity contribution in [3.63, 3.8) is 0 Å². The van der Waals surface area contributed by atoms with Crippen molar-refractivity contribution in [2.24, 2.45) is 5.92 Å². The number of thioether (sulfide) groups is 1. The number of aryl methyl sites for hydroxylation is 1. The van der Waals surface area contributed by atoms with Crippen LogP contribution in [0.15, 0.2) is 82.6 Å². The Morgan fingerprint density at radius 2 is 1.73 bits per heavy atom. The summed E-state index contributed by atoms with van der Waals surface area (Å²) in [5.41, 5.74) is 3.25. The summed E-state index contributed by atoms with van der Waals surface area (Å²) in [4.78, 5) is 44.6. The molecule has 186 valence electrons. The lowest BCUT2D eigenvalue weighted by Crippen LogP contribution is -2.32. The molecule has 37 heavy (non-hydrogen) atoms. The molecule has 6 rings (SSSR count). The number of aromatic amines is 1. The maximum atomic E-state index is 13.9. The Balaban J connectivity index is 1.45. The minimum atomic E-state index is -0.713. The number of thiazole rings is 1. The molecule has 1 aromatic heterocycles. The van der Waals surface area contributed by atoms with Crippen LogP contribution in [0.1, 0.15) is 27.5 Å². The molecule has 0 spiro atoms. The van der Waals surface area contributed by atoms with Crippen molar-refractivity contribution < 1.29 is 14.3 Å². The highest BCUT2D eigenvalue weighted by Crippen LogP contribution is 2.54. The van der Waals surface area contributed by atoms with Crippen LogP contribution in [-0.2, 0) is 16.2 Å². The molecule has 1 fully saturated rings. The SMILES string of the molecule is Cc1ccc(N2C(=O)C3Sc4[nH]c(=O)sc4[C@H](c4cc(Cl)ccc4OCc4ccccc4)C3C2=O)cc1. The van der Waals surface area contributed by atoms with Gasteiger partial charge in [0.25, 0.3) is 0 Å². The molecule has 3 aromatic carbocycles. The minimum Gasteiger partial charge on any atom is -0.489 e. The predicted octanol–water partition coefficient (Wildman–Crippen LogP) is 5.77. The fraction of sp³-hybridized carbons (Fsp3) is 0.179. The van der Waals surface area contributed by atoms with E-state index >= 15 is 0 Å². The molecule has 2 amide bonds. The third kappa shape index (κ3) is 4.29. The Hall–Kier alpha value is -3.33. The third-order valence-corrected chi connectivity index (χ3v) is 9.30. The quantitative estimate of drug-likeness (QED) is 0.320. The van der Waals surface area contributed by atoms with Gasteiger partial charge >= 0.3 is 4.87 Å². The number of fused-ring (bicyclic) bond motifs is 2. The zero-order valence-electron chi connectivity index (χ0n) is 19.6. The Labute approximate surface area is 226 Å². The van der Waals surface area contributed by atoms with Crippen molar-refractivity contribution in [3.8, 4) is 5.75 Å². The van der Waals surface area contributed by atoms with E-state index in [4.69, 9.17) is 16.3 Å². The Morgan fingerprint density at radius 1 is 0.973 bits per heavy atom. The van der Waals surface area contributed by atoms with Gasteiger partial charge in [-0.1, -0.05) is 82.7 Å². The lowest BCUT2D eigenvalue weighted by atomic mass is 9.82. The average molecular weight is 549 g/mol. The molecular weight excluding hydrogens is 528 g/mol. The van der Waals surface area contributed by atoms with Crippen LogP contribution in [0.3, 0.4) is 0 Å². The molecule has 6 nitrogen and oxygen atoms in total. The molecule has 0 saturated carbocycles. The number of imide groups is 1. The minimum absolute atomic E-state index is 0.230. The second kappa shape index (κ2) is 9.52. The van der Waals surface area contributed by atoms with Gasteiger partial charge in [-0.05, 0) is 42.8 Å². The van der Waals surface area contributed by atoms with Crippen LogP contribution in [0.5, 0.6) is 5.75 Å². The number of hydrogen-bond acceptors (Lipinski definition) is 6. The number of hydrogen-bond donors (Lipinski definition) is 1. The number of carbonyl (C=O) groups excluding carboxylic acids is 2. The second-order valence-electron chi connectivity index (χ2n) is 9.05. The number of rotatable bonds is 5. The zero-order chi connectivity index (χ0) is 25.7. The van der Waals surface area contributed by atoms with Crippen molar-refractivity contribution in [3.05, 3.63) is 109 Å². The van der Waals surface area contributed by atoms with Crippen LogP contribution in [-0.4, -0.2) is 22.0 Å². The average Bonchev–Trinajstić information content (AvgIpc) is 3.39. The van der Waals surface area contributed by atoms with Gasteiger partial charge in [-0.15, -0.1) is 0 Å². The van der Waals surface area contributed by atoms with Crippen molar-refractivity contribution in [2.75, 3.05) is 4.90 Å². The van der Waals surface area contributed by atoms with Gasteiger partial charge in [0, 0.05) is 21.4 Å². The fourth-order valence-electron chi connectivity index (χ4n) is 4.93. The van der Waals surface area contributed by atoms with Crippen molar-refractivity contribution in [1.82, 2.24) is 4.98 Å². The van der Waals surface area contributed by atoms with Crippen LogP contribution in [0.2, 0.25) is 5.02 Å². The normalized spacial score (nSPS) is 20.6. The highest BCUT2D eigenvalue weighted by atomic mass is 35.5. The number of H-pyrrole nitrogens is 1. The molecule has 0 aliphatic carbocycles. The third-order valence-electron chi connectivity index (χ3n) is 6.66. The van der Waals surface area contributed by atoms with Gasteiger partial charge in [-0.25, -0.2) is 4.90 Å². The molecule has 3 heterocycles. The monoisotopic (exact) mass is 548 g/mol. The number of carbonyl (C=O) groups is 2. The summed E-state index contributed by atoms with van der Waals surface area (Å²) < 4.78 is 6.23. The number of anilines is 1. The summed E-state index contributed by atoms with van der Waals surface area (Å²) in [6.07, 6.45) is 0. The first-order valence-corrected chi connectivity index (χ1v) is 13.8. The van der Waals surface area contributed by atoms with Crippen molar-refractivity contribution in [2.45, 2.75) is 29.7 Å². The number of nitrogens with one attached hydrogen (secondary N) is 1. The van der Waals surface area contributed by atoms with Crippen LogP contribution >= 0.6 is 34.7 Å². The first kappa shape index (κ1) is 24.0. The predicted molar refractivity (Wildman–Crippen MR) is 146 cm³/mol. The van der Waals surface area contributed by atoms with E-state index in [1.807, 2.05) is 49.4 Å². The highest BCUT2D eigenvalue weighted by Gasteiger charge is 2.56. The molecule has 9 heteroatoms. The highest BCUT2D eigenvalue weighted by molar-refractivity contribution is 8.00. The molecule has 2 unspecified atom stereocenters. The summed E-state index contributed by atoms with van der Waals surface area (Å²) in [7, 11) is 0. The van der Waals surface area contributed by atoms with E-state index in [-0.39, 0.29) is 16.7 Å². The molecular formula is C28H21ClN2O4S2. The van der Waals surface area contributed by atoms with Gasteiger partial charge in [-0.2, -0.15) is 0 Å². The standard InChI is InChI=1S/C28H21ClN2O4S2/c1-15-7-10-18(11-8-15)31-26(32)22-21(23-25(30-28(34)37-23)36-24(22)27(31)33)19-13-17(29)9-12-20(19)35-14-16-5-3-2-4-6-16/h2-13,21-22,24H,14H2,1H3,(H,30,34)/t21-,22?,24?/m1/s1. The van der Waals surface area contributed by atoms with Gasteiger partial charge in [-0.3, -0.25) is 14.4 Å². The molecule has 0 radical (unpaired) electrons. The first-order valence-electron chi connectivity index (χ1n) is 11.7. The largest absolute Gasteiger partial charge is 0.489 e. The molecule has 2 aliphatic heterocycles. The Bertz CT molecular complexity index is 1570. The van der Waals surface area contributed by atoms with Gasteiger partial charge in [0.2, 0.25) is 11.8 Å². The van der Waals surface area contributed by atoms with E-state index < -0.39 is 17.1 Å². The number of nitrogens with zero attached hydrogens (tertiary/aromatic N) is 1. The molecule has 3 atom stereocenters. The lowest BCUT2D eigenvalue weighted by Gasteiger charge is -2.31. The number of aromatic nitrogens is 1. The molecule has 1 N–H and O–H groups in total. The summed E-state index contributed by atoms with van der Waals surface area (Å²) in [6, 6.07) is 22.4. The molecule has 2 aliphatic rings. The van der Waals surface area contributed by atoms with E-state index in [9.17, 15) is 14.4 Å². The topological polar surface area (TPSA) is 79.5 Å². The summed E-state index contributed by atoms with van der Waals surface area (Å²) >= 11 is 8.75. The van der Waals surface area contributed by atoms with Gasteiger partial charge in [0.15, 0.2) is 0 Å². The molecule has 0 bridgehead atoms. The van der Waals surface area contributed by atoms with E-state index in [0.717, 1.165) is 27.3 Å².